The number of thiocarbonyl (C=S) groups is 1. The van der Waals surface area contributed by atoms with Crippen molar-refractivity contribution in [3.8, 4) is 11.5 Å². The number of nitrogens with zero attached hydrogens (tertiary/aromatic N) is 4. The van der Waals surface area contributed by atoms with Crippen molar-refractivity contribution in [2.24, 2.45) is 0 Å². The normalized spacial score (nSPS) is 18.4. The van der Waals surface area contributed by atoms with Gasteiger partial charge >= 0.3 is 0 Å². The number of ether oxygens (including phenoxy) is 2. The van der Waals surface area contributed by atoms with Crippen LogP contribution in [0.25, 0.3) is 0 Å². The number of rotatable bonds is 5. The second-order valence-electron chi connectivity index (χ2n) is 9.50. The molecule has 3 aliphatic rings. The number of aromatic nitrogens is 2. The van der Waals surface area contributed by atoms with Gasteiger partial charge in [0.25, 0.3) is 0 Å². The van der Waals surface area contributed by atoms with Crippen LogP contribution in [0.3, 0.4) is 0 Å². The molecule has 35 heavy (non-hydrogen) atoms. The second-order valence-corrected chi connectivity index (χ2v) is 9.90. The molecule has 0 unspecified atom stereocenters. The molecule has 2 saturated heterocycles. The van der Waals surface area contributed by atoms with Crippen molar-refractivity contribution in [1.29, 1.82) is 0 Å². The molecule has 0 atom stereocenters. The lowest BCUT2D eigenvalue weighted by molar-refractivity contribution is 0.171. The van der Waals surface area contributed by atoms with E-state index in [0.717, 1.165) is 54.9 Å². The van der Waals surface area contributed by atoms with Gasteiger partial charge in [-0.3, -0.25) is 0 Å². The number of hydrogen-bond donors (Lipinski definition) is 2. The summed E-state index contributed by atoms with van der Waals surface area (Å²) in [4.78, 5) is 14.6. The molecule has 2 aromatic rings. The van der Waals surface area contributed by atoms with Gasteiger partial charge in [0.05, 0.1) is 0 Å². The van der Waals surface area contributed by atoms with Crippen LogP contribution in [0.15, 0.2) is 24.3 Å². The summed E-state index contributed by atoms with van der Waals surface area (Å²) in [5.41, 5.74) is 1.07. The van der Waals surface area contributed by atoms with E-state index in [1.807, 2.05) is 18.2 Å². The maximum Gasteiger partial charge on any atom is 0.232 e. The fourth-order valence-electron chi connectivity index (χ4n) is 4.93. The van der Waals surface area contributed by atoms with Gasteiger partial charge in [-0.05, 0) is 55.6 Å². The van der Waals surface area contributed by atoms with Crippen LogP contribution in [0.1, 0.15) is 56.9 Å². The predicted molar refractivity (Wildman–Crippen MR) is 144 cm³/mol. The molecule has 0 amide bonds. The summed E-state index contributed by atoms with van der Waals surface area (Å²) in [5.74, 6) is 4.13. The zero-order valence-electron chi connectivity index (χ0n) is 20.4. The molecule has 188 valence electrons. The van der Waals surface area contributed by atoms with Crippen LogP contribution in [0.4, 0.5) is 17.6 Å². The van der Waals surface area contributed by atoms with E-state index in [1.165, 1.54) is 51.4 Å². The van der Waals surface area contributed by atoms with Gasteiger partial charge in [0.2, 0.25) is 5.95 Å². The van der Waals surface area contributed by atoms with Crippen molar-refractivity contribution >= 4 is 34.9 Å². The van der Waals surface area contributed by atoms with E-state index in [0.29, 0.717) is 30.8 Å². The highest BCUT2D eigenvalue weighted by atomic mass is 32.1. The molecule has 9 heteroatoms. The Morgan fingerprint density at radius 2 is 1.34 bits per heavy atom. The van der Waals surface area contributed by atoms with Crippen LogP contribution < -0.4 is 29.9 Å². The topological polar surface area (TPSA) is 74.8 Å². The lowest BCUT2D eigenvalue weighted by Gasteiger charge is -2.26. The zero-order valence-corrected chi connectivity index (χ0v) is 21.2. The lowest BCUT2D eigenvalue weighted by Crippen LogP contribution is -2.31. The Labute approximate surface area is 213 Å². The zero-order chi connectivity index (χ0) is 23.9. The van der Waals surface area contributed by atoms with Crippen molar-refractivity contribution in [2.45, 2.75) is 57.9 Å². The molecule has 5 rings (SSSR count). The molecule has 2 N–H and O–H groups in total. The van der Waals surface area contributed by atoms with Crippen molar-refractivity contribution in [3.05, 3.63) is 29.8 Å². The van der Waals surface area contributed by atoms with Crippen molar-refractivity contribution < 1.29 is 9.47 Å². The van der Waals surface area contributed by atoms with Crippen LogP contribution in [-0.2, 0) is 6.54 Å². The molecule has 0 radical (unpaired) electrons. The minimum absolute atomic E-state index is 0.509. The molecule has 0 saturated carbocycles. The highest BCUT2D eigenvalue weighted by Gasteiger charge is 2.19. The van der Waals surface area contributed by atoms with Crippen LogP contribution in [0.5, 0.6) is 11.5 Å². The molecule has 0 aliphatic carbocycles. The maximum absolute atomic E-state index is 5.70. The average molecular weight is 497 g/mol. The van der Waals surface area contributed by atoms with Gasteiger partial charge in [0, 0.05) is 38.8 Å². The Balaban J connectivity index is 1.29. The SMILES string of the molecule is S=C(NCc1ccc2c(c1)OCCO2)Nc1nc(N2CCCCCC2)cc(N2CCCCCC2)n1. The van der Waals surface area contributed by atoms with Crippen LogP contribution in [0.2, 0.25) is 0 Å². The van der Waals surface area contributed by atoms with Crippen molar-refractivity contribution in [2.75, 3.05) is 54.5 Å². The van der Waals surface area contributed by atoms with Crippen LogP contribution in [-0.4, -0.2) is 54.5 Å². The number of nitrogens with one attached hydrogen (secondary N) is 2. The van der Waals surface area contributed by atoms with Crippen molar-refractivity contribution in [3.63, 3.8) is 0 Å². The minimum Gasteiger partial charge on any atom is -0.486 e. The summed E-state index contributed by atoms with van der Waals surface area (Å²) in [5, 5.41) is 7.05. The first kappa shape index (κ1) is 23.9. The van der Waals surface area contributed by atoms with Gasteiger partial charge in [-0.25, -0.2) is 0 Å². The van der Waals surface area contributed by atoms with E-state index in [-0.39, 0.29) is 0 Å². The van der Waals surface area contributed by atoms with Gasteiger partial charge in [-0.1, -0.05) is 31.7 Å². The summed E-state index contributed by atoms with van der Waals surface area (Å²) < 4.78 is 11.3. The molecular weight excluding hydrogens is 460 g/mol. The molecule has 8 nitrogen and oxygen atoms in total. The summed E-state index contributed by atoms with van der Waals surface area (Å²) in [6, 6.07) is 8.14. The van der Waals surface area contributed by atoms with Gasteiger partial charge < -0.3 is 29.9 Å². The first-order valence-corrected chi connectivity index (χ1v) is 13.5. The molecular formula is C26H36N6O2S. The molecule has 2 fully saturated rings. The first-order chi connectivity index (χ1) is 17.2. The predicted octanol–water partition coefficient (Wildman–Crippen LogP) is 4.50. The molecule has 3 aliphatic heterocycles. The van der Waals surface area contributed by atoms with Crippen LogP contribution in [0, 0.1) is 0 Å². The Kier molecular flexibility index (Phi) is 8.03. The standard InChI is InChI=1S/C26H36N6O2S/c35-26(27-19-20-9-10-21-22(17-20)34-16-15-33-21)30-25-28-23(31-11-5-1-2-6-12-31)18-24(29-25)32-13-7-3-4-8-14-32/h9-10,17-18H,1-8,11-16,19H2,(H2,27,28,29,30,35). The third-order valence-corrected chi connectivity index (χ3v) is 7.09. The van der Waals surface area contributed by atoms with E-state index in [2.05, 4.69) is 26.5 Å². The van der Waals surface area contributed by atoms with E-state index >= 15 is 0 Å². The molecule has 1 aromatic heterocycles. The average Bonchev–Trinajstić information content (AvgIpc) is 3.33. The number of fused-ring (bicyclic) bond motifs is 1. The Bertz CT molecular complexity index is 965. The largest absolute Gasteiger partial charge is 0.486 e. The molecule has 0 spiro atoms. The maximum atomic E-state index is 5.70. The summed E-state index contributed by atoms with van der Waals surface area (Å²) in [6.07, 6.45) is 10.0. The van der Waals surface area contributed by atoms with Crippen LogP contribution >= 0.6 is 12.2 Å². The van der Waals surface area contributed by atoms with E-state index < -0.39 is 0 Å². The smallest absolute Gasteiger partial charge is 0.232 e. The molecule has 4 heterocycles. The third kappa shape index (κ3) is 6.45. The number of benzene rings is 1. The fourth-order valence-corrected chi connectivity index (χ4v) is 5.09. The monoisotopic (exact) mass is 496 g/mol. The summed E-state index contributed by atoms with van der Waals surface area (Å²) in [6.45, 7) is 5.92. The highest BCUT2D eigenvalue weighted by molar-refractivity contribution is 7.80. The minimum atomic E-state index is 0.509. The Hall–Kier alpha value is -2.81. The second kappa shape index (κ2) is 11.7. The lowest BCUT2D eigenvalue weighted by atomic mass is 10.2. The van der Waals surface area contributed by atoms with Crippen molar-refractivity contribution in [1.82, 2.24) is 15.3 Å². The number of hydrogen-bond acceptors (Lipinski definition) is 7. The van der Waals surface area contributed by atoms with E-state index in [9.17, 15) is 0 Å². The van der Waals surface area contributed by atoms with Gasteiger partial charge in [0.1, 0.15) is 24.8 Å². The quantitative estimate of drug-likeness (QED) is 0.582. The van der Waals surface area contributed by atoms with E-state index in [4.69, 9.17) is 31.7 Å². The molecule has 1 aromatic carbocycles. The Morgan fingerprint density at radius 3 is 1.94 bits per heavy atom. The first-order valence-electron chi connectivity index (χ1n) is 13.1. The molecule has 0 bridgehead atoms. The number of anilines is 3. The Morgan fingerprint density at radius 1 is 0.771 bits per heavy atom. The third-order valence-electron chi connectivity index (χ3n) is 6.84. The highest BCUT2D eigenvalue weighted by Crippen LogP contribution is 2.31. The summed E-state index contributed by atoms with van der Waals surface area (Å²) in [7, 11) is 0. The van der Waals surface area contributed by atoms with Gasteiger partial charge in [0.15, 0.2) is 16.6 Å². The van der Waals surface area contributed by atoms with Gasteiger partial charge in [-0.15, -0.1) is 0 Å². The fraction of sp³-hybridized carbons (Fsp3) is 0.577. The van der Waals surface area contributed by atoms with E-state index in [1.54, 1.807) is 0 Å². The summed E-state index contributed by atoms with van der Waals surface area (Å²) >= 11 is 5.61. The van der Waals surface area contributed by atoms with Gasteiger partial charge in [-0.2, -0.15) is 9.97 Å².